The smallest absolute Gasteiger partial charge is 0.225 e. The molecule has 0 saturated carbocycles. The number of aromatic nitrogens is 3. The Morgan fingerprint density at radius 1 is 1.12 bits per heavy atom. The topological polar surface area (TPSA) is 86.5 Å². The van der Waals surface area contributed by atoms with Crippen LogP contribution in [0.3, 0.4) is 0 Å². The van der Waals surface area contributed by atoms with Crippen LogP contribution in [0.4, 0.5) is 17.5 Å². The molecular weight excluding hydrogens is 300 g/mol. The number of nitrogens with zero attached hydrogens (tertiary/aromatic N) is 4. The first kappa shape index (κ1) is 15.4. The predicted octanol–water partition coefficient (Wildman–Crippen LogP) is 3.59. The summed E-state index contributed by atoms with van der Waals surface area (Å²) >= 11 is 0. The Morgan fingerprint density at radius 3 is 2.79 bits per heavy atom. The second-order valence-corrected chi connectivity index (χ2v) is 5.05. The highest BCUT2D eigenvalue weighted by Gasteiger charge is 2.07. The summed E-state index contributed by atoms with van der Waals surface area (Å²) in [6.07, 6.45) is 3.49. The van der Waals surface area contributed by atoms with Crippen molar-refractivity contribution < 1.29 is 0 Å². The van der Waals surface area contributed by atoms with E-state index < -0.39 is 0 Å². The van der Waals surface area contributed by atoms with Crippen molar-refractivity contribution in [3.05, 3.63) is 60.4 Å². The molecular formula is C18H16N6. The fraction of sp³-hybridized carbons (Fsp3) is 0.111. The maximum atomic E-state index is 9.01. The third kappa shape index (κ3) is 3.65. The van der Waals surface area contributed by atoms with Gasteiger partial charge >= 0.3 is 0 Å². The molecule has 2 N–H and O–H groups in total. The Bertz CT molecular complexity index is 870. The molecule has 3 aromatic rings. The molecule has 2 heterocycles. The second kappa shape index (κ2) is 7.20. The minimum Gasteiger partial charge on any atom is -0.354 e. The van der Waals surface area contributed by atoms with Crippen LogP contribution in [0.25, 0.3) is 11.3 Å². The lowest BCUT2D eigenvalue weighted by Gasteiger charge is -2.11. The Labute approximate surface area is 140 Å². The molecule has 3 rings (SSSR count). The van der Waals surface area contributed by atoms with E-state index in [0.717, 1.165) is 23.5 Å². The summed E-state index contributed by atoms with van der Waals surface area (Å²) in [4.78, 5) is 13.1. The molecule has 24 heavy (non-hydrogen) atoms. The van der Waals surface area contributed by atoms with Crippen LogP contribution in [0.2, 0.25) is 0 Å². The van der Waals surface area contributed by atoms with Gasteiger partial charge in [0, 0.05) is 36.3 Å². The SMILES string of the molecule is CCNc1nc(Nc2cccc(C#N)c2)cc(-c2cccnc2)n1. The zero-order chi connectivity index (χ0) is 16.8. The van der Waals surface area contributed by atoms with E-state index in [1.54, 1.807) is 24.5 Å². The quantitative estimate of drug-likeness (QED) is 0.748. The number of pyridine rings is 1. The molecule has 0 radical (unpaired) electrons. The summed E-state index contributed by atoms with van der Waals surface area (Å²) in [6, 6.07) is 15.1. The van der Waals surface area contributed by atoms with E-state index in [2.05, 4.69) is 31.7 Å². The Balaban J connectivity index is 1.97. The van der Waals surface area contributed by atoms with E-state index in [4.69, 9.17) is 5.26 Å². The number of hydrogen-bond donors (Lipinski definition) is 2. The monoisotopic (exact) mass is 316 g/mol. The molecule has 0 unspecified atom stereocenters. The largest absolute Gasteiger partial charge is 0.354 e. The van der Waals surface area contributed by atoms with Gasteiger partial charge in [-0.1, -0.05) is 6.07 Å². The third-order valence-electron chi connectivity index (χ3n) is 3.28. The Hall–Kier alpha value is -3.46. The molecule has 0 aliphatic heterocycles. The van der Waals surface area contributed by atoms with Crippen LogP contribution >= 0.6 is 0 Å². The summed E-state index contributed by atoms with van der Waals surface area (Å²) < 4.78 is 0. The van der Waals surface area contributed by atoms with Gasteiger partial charge in [-0.25, -0.2) is 4.98 Å². The summed E-state index contributed by atoms with van der Waals surface area (Å²) in [7, 11) is 0. The molecule has 0 aliphatic rings. The number of hydrogen-bond acceptors (Lipinski definition) is 6. The summed E-state index contributed by atoms with van der Waals surface area (Å²) in [5, 5.41) is 15.4. The molecule has 0 fully saturated rings. The number of rotatable bonds is 5. The molecule has 0 saturated heterocycles. The van der Waals surface area contributed by atoms with Crippen LogP contribution in [0.15, 0.2) is 54.9 Å². The van der Waals surface area contributed by atoms with Crippen LogP contribution in [0.5, 0.6) is 0 Å². The first-order chi connectivity index (χ1) is 11.8. The van der Waals surface area contributed by atoms with Gasteiger partial charge in [0.25, 0.3) is 0 Å². The average molecular weight is 316 g/mol. The van der Waals surface area contributed by atoms with Crippen LogP contribution in [0, 0.1) is 11.3 Å². The van der Waals surface area contributed by atoms with Crippen LogP contribution in [-0.4, -0.2) is 21.5 Å². The molecule has 0 atom stereocenters. The summed E-state index contributed by atoms with van der Waals surface area (Å²) in [5.74, 6) is 1.19. The Morgan fingerprint density at radius 2 is 2.04 bits per heavy atom. The van der Waals surface area contributed by atoms with Gasteiger partial charge in [-0.3, -0.25) is 4.98 Å². The molecule has 2 aromatic heterocycles. The maximum absolute atomic E-state index is 9.01. The predicted molar refractivity (Wildman–Crippen MR) is 93.9 cm³/mol. The molecule has 0 bridgehead atoms. The van der Waals surface area contributed by atoms with Gasteiger partial charge in [0.05, 0.1) is 17.3 Å². The standard InChI is InChI=1S/C18H16N6/c1-2-21-18-23-16(14-6-4-8-20-12-14)10-17(24-18)22-15-7-3-5-13(9-15)11-19/h3-10,12H,2H2,1H3,(H2,21,22,23,24). The van der Waals surface area contributed by atoms with Crippen molar-refractivity contribution >= 4 is 17.5 Å². The normalized spacial score (nSPS) is 10.0. The maximum Gasteiger partial charge on any atom is 0.225 e. The van der Waals surface area contributed by atoms with E-state index in [1.807, 2.05) is 37.3 Å². The lowest BCUT2D eigenvalue weighted by molar-refractivity contribution is 1.09. The van der Waals surface area contributed by atoms with Gasteiger partial charge in [0.2, 0.25) is 5.95 Å². The van der Waals surface area contributed by atoms with E-state index in [0.29, 0.717) is 17.3 Å². The molecule has 0 aliphatic carbocycles. The van der Waals surface area contributed by atoms with Gasteiger partial charge in [0.1, 0.15) is 5.82 Å². The van der Waals surface area contributed by atoms with Crippen molar-refractivity contribution in [3.8, 4) is 17.3 Å². The number of nitrogens with one attached hydrogen (secondary N) is 2. The molecule has 6 heteroatoms. The highest BCUT2D eigenvalue weighted by molar-refractivity contribution is 5.67. The lowest BCUT2D eigenvalue weighted by atomic mass is 10.2. The Kier molecular flexibility index (Phi) is 4.63. The third-order valence-corrected chi connectivity index (χ3v) is 3.28. The minimum atomic E-state index is 0.540. The lowest BCUT2D eigenvalue weighted by Crippen LogP contribution is -2.05. The highest BCUT2D eigenvalue weighted by atomic mass is 15.1. The van der Waals surface area contributed by atoms with Crippen LogP contribution < -0.4 is 10.6 Å². The van der Waals surface area contributed by atoms with Gasteiger partial charge in [-0.15, -0.1) is 0 Å². The first-order valence-corrected chi connectivity index (χ1v) is 7.59. The minimum absolute atomic E-state index is 0.540. The van der Waals surface area contributed by atoms with Crippen LogP contribution in [-0.2, 0) is 0 Å². The number of benzene rings is 1. The van der Waals surface area contributed by atoms with E-state index >= 15 is 0 Å². The van der Waals surface area contributed by atoms with Crippen LogP contribution in [0.1, 0.15) is 12.5 Å². The van der Waals surface area contributed by atoms with Gasteiger partial charge in [-0.05, 0) is 37.3 Å². The first-order valence-electron chi connectivity index (χ1n) is 7.59. The van der Waals surface area contributed by atoms with Crippen molar-refractivity contribution in [1.29, 1.82) is 5.26 Å². The fourth-order valence-electron chi connectivity index (χ4n) is 2.22. The average Bonchev–Trinajstić information content (AvgIpc) is 2.63. The molecule has 0 spiro atoms. The zero-order valence-corrected chi connectivity index (χ0v) is 13.2. The zero-order valence-electron chi connectivity index (χ0n) is 13.2. The molecule has 118 valence electrons. The fourth-order valence-corrected chi connectivity index (χ4v) is 2.22. The van der Waals surface area contributed by atoms with Crippen molar-refractivity contribution in [1.82, 2.24) is 15.0 Å². The van der Waals surface area contributed by atoms with E-state index in [9.17, 15) is 0 Å². The molecule has 1 aromatic carbocycles. The van der Waals surface area contributed by atoms with Crippen molar-refractivity contribution in [2.45, 2.75) is 6.92 Å². The van der Waals surface area contributed by atoms with Gasteiger partial charge in [-0.2, -0.15) is 10.2 Å². The van der Waals surface area contributed by atoms with Gasteiger partial charge in [0.15, 0.2) is 0 Å². The van der Waals surface area contributed by atoms with Gasteiger partial charge < -0.3 is 10.6 Å². The number of anilines is 3. The van der Waals surface area contributed by atoms with Crippen molar-refractivity contribution in [2.24, 2.45) is 0 Å². The van der Waals surface area contributed by atoms with E-state index in [1.165, 1.54) is 0 Å². The van der Waals surface area contributed by atoms with Crippen molar-refractivity contribution in [3.63, 3.8) is 0 Å². The number of nitriles is 1. The van der Waals surface area contributed by atoms with E-state index in [-0.39, 0.29) is 0 Å². The summed E-state index contributed by atoms with van der Waals surface area (Å²) in [6.45, 7) is 2.71. The second-order valence-electron chi connectivity index (χ2n) is 5.05. The van der Waals surface area contributed by atoms with Crippen molar-refractivity contribution in [2.75, 3.05) is 17.2 Å². The molecule has 0 amide bonds. The summed E-state index contributed by atoms with van der Waals surface area (Å²) in [5.41, 5.74) is 3.07. The molecule has 6 nitrogen and oxygen atoms in total. The highest BCUT2D eigenvalue weighted by Crippen LogP contribution is 2.23.